The van der Waals surface area contributed by atoms with Gasteiger partial charge in [-0.05, 0) is 0 Å². The third-order valence-electron chi connectivity index (χ3n) is 2.88. The molecule has 5 N–H and O–H groups in total. The van der Waals surface area contributed by atoms with Crippen LogP contribution < -0.4 is 11.4 Å². The number of aliphatic hydroxyl groups excluding tert-OH is 3. The second kappa shape index (κ2) is 5.25. The van der Waals surface area contributed by atoms with E-state index in [9.17, 15) is 20.1 Å². The zero-order valence-corrected chi connectivity index (χ0v) is 11.7. The van der Waals surface area contributed by atoms with E-state index in [1.807, 2.05) is 0 Å². The molecular weight excluding hydrogens is 253 g/mol. The Hall–Kier alpha value is -0.480. The summed E-state index contributed by atoms with van der Waals surface area (Å²) in [7, 11) is 0. The summed E-state index contributed by atoms with van der Waals surface area (Å²) in [6, 6.07) is 1.38. The third-order valence-corrected chi connectivity index (χ3v) is 3.53. The summed E-state index contributed by atoms with van der Waals surface area (Å²) in [4.78, 5) is 15.1. The van der Waals surface area contributed by atoms with Crippen LogP contribution in [0, 0.1) is 0 Å². The maximum atomic E-state index is 11.6. The van der Waals surface area contributed by atoms with Gasteiger partial charge >= 0.3 is 120 Å². The molecule has 2 rings (SSSR count). The molecule has 1 aromatic heterocycles. The van der Waals surface area contributed by atoms with E-state index in [2.05, 4.69) is 4.98 Å². The molecular formula is C9H12N3NaO5. The van der Waals surface area contributed by atoms with Crippen LogP contribution in [0.4, 0.5) is 5.82 Å². The van der Waals surface area contributed by atoms with Crippen molar-refractivity contribution in [3.05, 3.63) is 22.7 Å². The summed E-state index contributed by atoms with van der Waals surface area (Å²) >= 11 is 0.378. The van der Waals surface area contributed by atoms with Crippen molar-refractivity contribution in [1.82, 2.24) is 9.55 Å². The Kier molecular flexibility index (Phi) is 4.07. The first kappa shape index (κ1) is 13.9. The van der Waals surface area contributed by atoms with Crippen molar-refractivity contribution in [2.75, 3.05) is 5.73 Å². The summed E-state index contributed by atoms with van der Waals surface area (Å²) < 4.78 is 5.52. The Labute approximate surface area is 119 Å². The molecule has 18 heavy (non-hydrogen) atoms. The number of hydrogen-bond donors (Lipinski definition) is 4. The van der Waals surface area contributed by atoms with Gasteiger partial charge in [-0.1, -0.05) is 0 Å². The molecule has 1 fully saturated rings. The molecule has 1 aliphatic rings. The average Bonchev–Trinajstić information content (AvgIpc) is 2.57. The van der Waals surface area contributed by atoms with Gasteiger partial charge in [0.05, 0.1) is 0 Å². The van der Waals surface area contributed by atoms with E-state index < -0.39 is 33.6 Å². The molecule has 0 spiro atoms. The number of hydrogen-bond acceptors (Lipinski definition) is 7. The van der Waals surface area contributed by atoms with E-state index in [1.165, 1.54) is 12.3 Å². The second-order valence-electron chi connectivity index (χ2n) is 4.26. The van der Waals surface area contributed by atoms with Gasteiger partial charge in [-0.25, -0.2) is 0 Å². The number of nitrogens with zero attached hydrogens (tertiary/aromatic N) is 2. The molecule has 94 valence electrons. The number of anilines is 1. The fourth-order valence-electron chi connectivity index (χ4n) is 1.93. The fraction of sp³-hybridized carbons (Fsp3) is 0.556. The number of rotatable bonds is 2. The molecule has 0 radical (unpaired) electrons. The number of nitrogens with two attached hydrogens (primary N) is 1. The molecule has 0 saturated carbocycles. The van der Waals surface area contributed by atoms with Gasteiger partial charge in [-0.2, -0.15) is 0 Å². The van der Waals surface area contributed by atoms with Gasteiger partial charge in [0.1, 0.15) is 0 Å². The van der Waals surface area contributed by atoms with Crippen molar-refractivity contribution in [3.8, 4) is 0 Å². The monoisotopic (exact) mass is 265 g/mol. The van der Waals surface area contributed by atoms with Crippen LogP contribution in [0.1, 0.15) is 6.23 Å². The predicted molar refractivity (Wildman–Crippen MR) is 60.6 cm³/mol. The molecule has 1 aromatic rings. The molecule has 1 saturated heterocycles. The van der Waals surface area contributed by atoms with Crippen LogP contribution >= 0.6 is 0 Å². The van der Waals surface area contributed by atoms with Crippen molar-refractivity contribution in [2.24, 2.45) is 0 Å². The van der Waals surface area contributed by atoms with Crippen LogP contribution in [0.15, 0.2) is 17.1 Å². The van der Waals surface area contributed by atoms with Gasteiger partial charge in [0, 0.05) is 0 Å². The summed E-state index contributed by atoms with van der Waals surface area (Å²) in [5, 5.41) is 29.0. The standard InChI is InChI=1S/C9H12N3O5.Na/c10-5-1-2-12(9(16)11-5)8-7(15)6(14)4(3-13)17-8;/h1-4,6-8,13-15H,(H2,10,11,16);/t4-,6-,7-,8-;/m1./s1. The Balaban J connectivity index is 2.32. The van der Waals surface area contributed by atoms with Crippen LogP contribution in [-0.2, 0) is 4.74 Å². The molecule has 0 aliphatic carbocycles. The Morgan fingerprint density at radius 3 is 2.67 bits per heavy atom. The molecule has 9 heteroatoms. The van der Waals surface area contributed by atoms with Crippen molar-refractivity contribution in [3.63, 3.8) is 0 Å². The van der Waals surface area contributed by atoms with Gasteiger partial charge in [0.2, 0.25) is 0 Å². The van der Waals surface area contributed by atoms with Crippen molar-refractivity contribution in [2.45, 2.75) is 27.9 Å². The number of aromatic nitrogens is 2. The summed E-state index contributed by atoms with van der Waals surface area (Å²) in [6.07, 6.45) is -3.20. The minimum absolute atomic E-state index is 0.0590. The van der Waals surface area contributed by atoms with Gasteiger partial charge < -0.3 is 0 Å². The minimum atomic E-state index is -1.30. The van der Waals surface area contributed by atoms with E-state index in [0.717, 1.165) is 4.57 Å². The van der Waals surface area contributed by atoms with E-state index >= 15 is 0 Å². The van der Waals surface area contributed by atoms with E-state index in [-0.39, 0.29) is 5.82 Å². The van der Waals surface area contributed by atoms with Crippen LogP contribution in [0.5, 0.6) is 0 Å². The molecule has 0 aromatic carbocycles. The normalized spacial score (nSPS) is 33.6. The van der Waals surface area contributed by atoms with E-state index in [1.54, 1.807) is 0 Å². The first-order valence-electron chi connectivity index (χ1n) is 5.46. The van der Waals surface area contributed by atoms with Gasteiger partial charge in [0.25, 0.3) is 0 Å². The van der Waals surface area contributed by atoms with Crippen LogP contribution in [0.25, 0.3) is 0 Å². The molecule has 2 heterocycles. The summed E-state index contributed by atoms with van der Waals surface area (Å²) in [5.74, 6) is 0.0590. The second-order valence-corrected chi connectivity index (χ2v) is 5.44. The molecule has 5 atom stereocenters. The predicted octanol–water partition coefficient (Wildman–Crippen LogP) is -3.07. The zero-order valence-electron chi connectivity index (χ0n) is 9.67. The molecule has 1 unspecified atom stereocenters. The van der Waals surface area contributed by atoms with Gasteiger partial charge in [-0.15, -0.1) is 0 Å². The number of ether oxygens (including phenoxy) is 1. The van der Waals surface area contributed by atoms with Crippen LogP contribution in [0.2, 0.25) is 0 Å². The fourth-order valence-corrected chi connectivity index (χ4v) is 2.49. The summed E-state index contributed by atoms with van der Waals surface area (Å²) in [6.45, 7) is 0. The molecule has 8 nitrogen and oxygen atoms in total. The number of aliphatic hydroxyl groups is 3. The summed E-state index contributed by atoms with van der Waals surface area (Å²) in [5.41, 5.74) is 4.67. The van der Waals surface area contributed by atoms with Crippen molar-refractivity contribution >= 4 is 33.7 Å². The first-order valence-corrected chi connectivity index (χ1v) is 6.61. The molecule has 0 amide bonds. The van der Waals surface area contributed by atoms with E-state index in [4.69, 9.17) is 10.5 Å². The Morgan fingerprint density at radius 1 is 1.50 bits per heavy atom. The number of nitrogen functional groups attached to an aromatic ring is 1. The average molecular weight is 265 g/mol. The molecule has 1 aliphatic heterocycles. The van der Waals surface area contributed by atoms with Gasteiger partial charge in [-0.3, -0.25) is 0 Å². The van der Waals surface area contributed by atoms with Crippen LogP contribution in [0.3, 0.4) is 0 Å². The van der Waals surface area contributed by atoms with Crippen molar-refractivity contribution < 1.29 is 20.1 Å². The topological polar surface area (TPSA) is 131 Å². The molecule has 0 bridgehead atoms. The first-order chi connectivity index (χ1) is 8.41. The Bertz CT molecular complexity index is 493. The van der Waals surface area contributed by atoms with Crippen molar-refractivity contribution in [1.29, 1.82) is 0 Å². The van der Waals surface area contributed by atoms with Crippen LogP contribution in [-0.4, -0.2) is 74.5 Å². The Morgan fingerprint density at radius 2 is 2.17 bits per heavy atom. The maximum absolute atomic E-state index is 11.6. The quantitative estimate of drug-likeness (QED) is 0.417. The van der Waals surface area contributed by atoms with E-state index in [0.29, 0.717) is 27.9 Å². The zero-order chi connectivity index (χ0) is 13.4. The van der Waals surface area contributed by atoms with Gasteiger partial charge in [0.15, 0.2) is 0 Å². The SMILES string of the molecule is Nc1ccn([C@@H]2O[C@H]([CH](O)[Na])[C@@H](O)[C@H]2O)c(=O)n1. The third kappa shape index (κ3) is 2.45.